The fraction of sp³-hybridized carbons (Fsp3) is 0.682. The molecular weight excluding hydrogens is 324 g/mol. The van der Waals surface area contributed by atoms with E-state index in [0.29, 0.717) is 30.0 Å². The Balaban J connectivity index is 1.31. The summed E-state index contributed by atoms with van der Waals surface area (Å²) in [5.74, 6) is 1.60. The number of piperidine rings is 2. The molecular formula is C22H30N2O2. The number of hydrogen-bond acceptors (Lipinski definition) is 4. The highest BCUT2D eigenvalue weighted by molar-refractivity contribution is 5.74. The van der Waals surface area contributed by atoms with Crippen molar-refractivity contribution in [1.82, 2.24) is 10.2 Å². The van der Waals surface area contributed by atoms with E-state index in [9.17, 15) is 9.90 Å². The molecule has 0 radical (unpaired) electrons. The number of nitrogens with zero attached hydrogens (tertiary/aromatic N) is 1. The normalized spacial score (nSPS) is 45.0. The van der Waals surface area contributed by atoms with Crippen molar-refractivity contribution in [3.63, 3.8) is 0 Å². The molecule has 3 heterocycles. The van der Waals surface area contributed by atoms with Crippen LogP contribution in [0, 0.1) is 11.8 Å². The van der Waals surface area contributed by atoms with Crippen LogP contribution >= 0.6 is 0 Å². The van der Waals surface area contributed by atoms with E-state index in [2.05, 4.69) is 29.3 Å². The lowest BCUT2D eigenvalue weighted by molar-refractivity contribution is 0.0329. The Bertz CT molecular complexity index is 690. The summed E-state index contributed by atoms with van der Waals surface area (Å²) in [7, 11) is 0. The number of rotatable bonds is 4. The molecule has 0 amide bonds. The van der Waals surface area contributed by atoms with Gasteiger partial charge in [-0.1, -0.05) is 37.6 Å². The van der Waals surface area contributed by atoms with Crippen LogP contribution in [0.3, 0.4) is 0 Å². The Labute approximate surface area is 156 Å². The molecule has 0 bridgehead atoms. The van der Waals surface area contributed by atoms with Crippen LogP contribution in [0.2, 0.25) is 0 Å². The molecule has 1 saturated carbocycles. The van der Waals surface area contributed by atoms with Crippen molar-refractivity contribution in [3.8, 4) is 0 Å². The highest BCUT2D eigenvalue weighted by Gasteiger charge is 2.67. The summed E-state index contributed by atoms with van der Waals surface area (Å²) in [6.07, 6.45) is 8.60. The minimum atomic E-state index is -0.579. The third-order valence-electron chi connectivity index (χ3n) is 7.88. The zero-order valence-electron chi connectivity index (χ0n) is 15.6. The molecule has 2 N–H and O–H groups in total. The van der Waals surface area contributed by atoms with Gasteiger partial charge in [0.15, 0.2) is 0 Å². The molecule has 140 valence electrons. The third kappa shape index (κ3) is 2.57. The van der Waals surface area contributed by atoms with Gasteiger partial charge in [0.25, 0.3) is 0 Å². The van der Waals surface area contributed by atoms with Crippen molar-refractivity contribution in [2.75, 3.05) is 6.54 Å². The molecule has 5 rings (SSSR count). The first kappa shape index (κ1) is 16.9. The zero-order chi connectivity index (χ0) is 17.9. The zero-order valence-corrected chi connectivity index (χ0v) is 15.6. The molecule has 26 heavy (non-hydrogen) atoms. The summed E-state index contributed by atoms with van der Waals surface area (Å²) in [5.41, 5.74) is 1.42. The highest BCUT2D eigenvalue weighted by atomic mass is 16.3. The Kier molecular flexibility index (Phi) is 4.00. The Morgan fingerprint density at radius 1 is 1.19 bits per heavy atom. The van der Waals surface area contributed by atoms with Gasteiger partial charge in [-0.15, -0.1) is 0 Å². The number of fused-ring (bicyclic) bond motifs is 2. The molecule has 4 fully saturated rings. The van der Waals surface area contributed by atoms with E-state index >= 15 is 0 Å². The number of carbonyl (C=O) groups excluding carboxylic acids is 1. The van der Waals surface area contributed by atoms with Crippen molar-refractivity contribution in [3.05, 3.63) is 35.4 Å². The van der Waals surface area contributed by atoms with Crippen molar-refractivity contribution >= 4 is 6.29 Å². The van der Waals surface area contributed by atoms with Gasteiger partial charge in [0.2, 0.25) is 0 Å². The largest absolute Gasteiger partial charge is 0.374 e. The predicted molar refractivity (Wildman–Crippen MR) is 101 cm³/mol. The van der Waals surface area contributed by atoms with Crippen molar-refractivity contribution in [1.29, 1.82) is 0 Å². The second-order valence-electron chi connectivity index (χ2n) is 9.14. The SMILES string of the molecule is C[C@H](c1ccc(C=O)cc1)[C@H]1C[C@@H]([C@@H]2CC[C@@H]3CCC[C@@H]3N2)[C@@]2(O)CN12. The van der Waals surface area contributed by atoms with Crippen LogP contribution in [0.15, 0.2) is 24.3 Å². The number of hydrogen-bond donors (Lipinski definition) is 2. The summed E-state index contributed by atoms with van der Waals surface area (Å²) in [6.45, 7) is 3.09. The average Bonchev–Trinajstić information content (AvgIpc) is 3.04. The highest BCUT2D eigenvalue weighted by Crippen LogP contribution is 2.55. The van der Waals surface area contributed by atoms with Crippen LogP contribution < -0.4 is 5.32 Å². The second-order valence-corrected chi connectivity index (χ2v) is 9.14. The second kappa shape index (κ2) is 6.15. The van der Waals surface area contributed by atoms with Gasteiger partial charge in [0, 0.05) is 36.2 Å². The van der Waals surface area contributed by atoms with Crippen molar-refractivity contribution in [2.45, 2.75) is 75.2 Å². The summed E-state index contributed by atoms with van der Waals surface area (Å²) in [4.78, 5) is 13.2. The molecule has 4 nitrogen and oxygen atoms in total. The van der Waals surface area contributed by atoms with Gasteiger partial charge < -0.3 is 10.4 Å². The fourth-order valence-electron chi connectivity index (χ4n) is 6.26. The lowest BCUT2D eigenvalue weighted by Crippen LogP contribution is -2.51. The number of carbonyl (C=O) groups is 1. The fourth-order valence-corrected chi connectivity index (χ4v) is 6.26. The van der Waals surface area contributed by atoms with Gasteiger partial charge in [-0.3, -0.25) is 9.69 Å². The Morgan fingerprint density at radius 3 is 2.77 bits per heavy atom. The quantitative estimate of drug-likeness (QED) is 0.645. The molecule has 4 heteroatoms. The minimum absolute atomic E-state index is 0.353. The third-order valence-corrected chi connectivity index (χ3v) is 7.88. The number of benzene rings is 1. The lowest BCUT2D eigenvalue weighted by Gasteiger charge is -2.38. The van der Waals surface area contributed by atoms with E-state index in [1.807, 2.05) is 12.1 Å². The molecule has 4 aliphatic rings. The molecule has 3 saturated heterocycles. The topological polar surface area (TPSA) is 52.3 Å². The maximum Gasteiger partial charge on any atom is 0.150 e. The first-order valence-electron chi connectivity index (χ1n) is 10.4. The van der Waals surface area contributed by atoms with Crippen LogP contribution in [0.1, 0.15) is 67.3 Å². The summed E-state index contributed by atoms with van der Waals surface area (Å²) >= 11 is 0. The first-order valence-corrected chi connectivity index (χ1v) is 10.4. The van der Waals surface area contributed by atoms with E-state index in [-0.39, 0.29) is 0 Å². The van der Waals surface area contributed by atoms with Gasteiger partial charge in [0.1, 0.15) is 12.0 Å². The predicted octanol–water partition coefficient (Wildman–Crippen LogP) is 2.92. The van der Waals surface area contributed by atoms with E-state index in [4.69, 9.17) is 0 Å². The van der Waals surface area contributed by atoms with Crippen LogP contribution in [0.4, 0.5) is 0 Å². The lowest BCUT2D eigenvalue weighted by atomic mass is 9.79. The molecule has 1 aromatic carbocycles. The molecule has 1 aromatic rings. The number of nitrogens with one attached hydrogen (secondary N) is 1. The van der Waals surface area contributed by atoms with Gasteiger partial charge in [-0.2, -0.15) is 0 Å². The van der Waals surface area contributed by atoms with Gasteiger partial charge in [0.05, 0.1) is 0 Å². The van der Waals surface area contributed by atoms with E-state index in [1.54, 1.807) is 0 Å². The van der Waals surface area contributed by atoms with E-state index in [1.165, 1.54) is 37.7 Å². The summed E-state index contributed by atoms with van der Waals surface area (Å²) in [5, 5.41) is 15.1. The Hall–Kier alpha value is -1.23. The number of aldehydes is 1. The van der Waals surface area contributed by atoms with E-state index < -0.39 is 5.72 Å². The van der Waals surface area contributed by atoms with Crippen LogP contribution in [-0.4, -0.2) is 46.7 Å². The standard InChI is InChI=1S/C22H30N2O2/c1-14(16-7-5-15(12-25)6-8-16)21-11-18(22(26)13-24(21)22)20-10-9-17-3-2-4-19(17)23-20/h5-8,12,14,17-21,23,26H,2-4,9-11,13H2,1H3/t14-,17+,18+,19+,20+,21-,22+,24?/m1/s1. The van der Waals surface area contributed by atoms with Crippen LogP contribution in [-0.2, 0) is 0 Å². The average molecular weight is 354 g/mol. The van der Waals surface area contributed by atoms with Crippen molar-refractivity contribution < 1.29 is 9.90 Å². The minimum Gasteiger partial charge on any atom is -0.374 e. The molecule has 8 atom stereocenters. The van der Waals surface area contributed by atoms with Gasteiger partial charge in [-0.25, -0.2) is 0 Å². The Morgan fingerprint density at radius 2 is 2.00 bits per heavy atom. The first-order chi connectivity index (χ1) is 12.6. The summed E-state index contributed by atoms with van der Waals surface area (Å²) < 4.78 is 0. The number of aliphatic hydroxyl groups is 1. The summed E-state index contributed by atoms with van der Waals surface area (Å²) in [6, 6.07) is 9.52. The van der Waals surface area contributed by atoms with Gasteiger partial charge >= 0.3 is 0 Å². The molecule has 0 aromatic heterocycles. The smallest absolute Gasteiger partial charge is 0.150 e. The van der Waals surface area contributed by atoms with E-state index in [0.717, 1.165) is 30.7 Å². The van der Waals surface area contributed by atoms with Gasteiger partial charge in [-0.05, 0) is 49.5 Å². The van der Waals surface area contributed by atoms with Crippen LogP contribution in [0.5, 0.6) is 0 Å². The molecule has 1 unspecified atom stereocenters. The molecule has 1 aliphatic carbocycles. The molecule has 0 spiro atoms. The van der Waals surface area contributed by atoms with Crippen LogP contribution in [0.25, 0.3) is 0 Å². The maximum atomic E-state index is 11.2. The molecule has 3 aliphatic heterocycles. The monoisotopic (exact) mass is 354 g/mol. The maximum absolute atomic E-state index is 11.2. The van der Waals surface area contributed by atoms with Crippen molar-refractivity contribution in [2.24, 2.45) is 11.8 Å².